The molecule has 2 aromatic carbocycles. The predicted octanol–water partition coefficient (Wildman–Crippen LogP) is 4.45. The molecule has 0 spiro atoms. The lowest BCUT2D eigenvalue weighted by Gasteiger charge is -2.08. The van der Waals surface area contributed by atoms with Crippen LogP contribution in [0.25, 0.3) is 0 Å². The van der Waals surface area contributed by atoms with Gasteiger partial charge in [-0.2, -0.15) is 4.68 Å². The van der Waals surface area contributed by atoms with E-state index < -0.39 is 0 Å². The van der Waals surface area contributed by atoms with Crippen LogP contribution in [-0.2, 0) is 0 Å². The number of rotatable bonds is 5. The third-order valence-corrected chi connectivity index (χ3v) is 3.90. The average molecular weight is 355 g/mol. The maximum absolute atomic E-state index is 12.9. The van der Waals surface area contributed by atoms with Gasteiger partial charge in [0.05, 0.1) is 5.56 Å². The van der Waals surface area contributed by atoms with E-state index in [0.29, 0.717) is 17.2 Å². The highest BCUT2D eigenvalue weighted by atomic mass is 16.2. The number of para-hydroxylation sites is 2. The van der Waals surface area contributed by atoms with Gasteiger partial charge in [0, 0.05) is 29.8 Å². The summed E-state index contributed by atoms with van der Waals surface area (Å²) >= 11 is 0. The van der Waals surface area contributed by atoms with E-state index in [1.54, 1.807) is 24.4 Å². The summed E-state index contributed by atoms with van der Waals surface area (Å²) in [4.78, 5) is 16.9. The summed E-state index contributed by atoms with van der Waals surface area (Å²) in [6.45, 7) is 0. The third-order valence-electron chi connectivity index (χ3n) is 3.90. The van der Waals surface area contributed by atoms with Crippen molar-refractivity contribution < 1.29 is 4.79 Å². The molecule has 6 nitrogen and oxygen atoms in total. The van der Waals surface area contributed by atoms with Gasteiger partial charge in [-0.1, -0.05) is 36.4 Å². The lowest BCUT2D eigenvalue weighted by molar-refractivity contribution is 0.0948. The van der Waals surface area contributed by atoms with Gasteiger partial charge < -0.3 is 10.6 Å². The first-order valence-corrected chi connectivity index (χ1v) is 8.48. The number of anilines is 4. The van der Waals surface area contributed by atoms with Gasteiger partial charge >= 0.3 is 0 Å². The summed E-state index contributed by atoms with van der Waals surface area (Å²) in [6.07, 6.45) is 3.16. The molecule has 27 heavy (non-hydrogen) atoms. The van der Waals surface area contributed by atoms with Gasteiger partial charge in [0.15, 0.2) is 5.82 Å². The number of pyridine rings is 1. The molecule has 2 heterocycles. The van der Waals surface area contributed by atoms with Crippen molar-refractivity contribution in [2.45, 2.75) is 0 Å². The molecule has 132 valence electrons. The van der Waals surface area contributed by atoms with E-state index in [-0.39, 0.29) is 5.91 Å². The van der Waals surface area contributed by atoms with Crippen molar-refractivity contribution in [3.05, 3.63) is 96.8 Å². The first-order chi connectivity index (χ1) is 13.3. The molecule has 0 bridgehead atoms. The Morgan fingerprint density at radius 2 is 1.48 bits per heavy atom. The van der Waals surface area contributed by atoms with Crippen LogP contribution in [0, 0.1) is 0 Å². The van der Waals surface area contributed by atoms with Crippen molar-refractivity contribution in [1.82, 2.24) is 14.8 Å². The van der Waals surface area contributed by atoms with Gasteiger partial charge in [0.1, 0.15) is 5.82 Å². The van der Waals surface area contributed by atoms with Crippen LogP contribution < -0.4 is 10.6 Å². The number of benzene rings is 2. The molecule has 0 radical (unpaired) electrons. The molecule has 0 aliphatic carbocycles. The SMILES string of the molecule is O=C(c1cccnc1)n1nc(Nc2ccccc2)cc1Nc1ccccc1. The van der Waals surface area contributed by atoms with E-state index in [1.807, 2.05) is 60.7 Å². The van der Waals surface area contributed by atoms with Crippen LogP contribution in [0.15, 0.2) is 91.3 Å². The Labute approximate surface area is 156 Å². The minimum Gasteiger partial charge on any atom is -0.340 e. The van der Waals surface area contributed by atoms with Gasteiger partial charge in [0.2, 0.25) is 0 Å². The Balaban J connectivity index is 1.69. The number of hydrogen-bond acceptors (Lipinski definition) is 5. The highest BCUT2D eigenvalue weighted by Gasteiger charge is 2.17. The molecule has 0 aliphatic rings. The second-order valence-electron chi connectivity index (χ2n) is 5.86. The molecule has 0 saturated heterocycles. The number of nitrogens with zero attached hydrogens (tertiary/aromatic N) is 3. The first kappa shape index (κ1) is 16.5. The van der Waals surface area contributed by atoms with Gasteiger partial charge in [-0.15, -0.1) is 5.10 Å². The average Bonchev–Trinajstić information content (AvgIpc) is 3.11. The van der Waals surface area contributed by atoms with Crippen molar-refractivity contribution in [1.29, 1.82) is 0 Å². The van der Waals surface area contributed by atoms with Crippen molar-refractivity contribution in [2.75, 3.05) is 10.6 Å². The number of aromatic nitrogens is 3. The van der Waals surface area contributed by atoms with E-state index in [0.717, 1.165) is 11.4 Å². The molecular formula is C21H17N5O. The molecular weight excluding hydrogens is 338 g/mol. The molecule has 2 N–H and O–H groups in total. The standard InChI is InChI=1S/C21H17N5O/c27-21(16-8-7-13-22-15-16)26-20(24-18-11-5-2-6-12-18)14-19(25-26)23-17-9-3-1-4-10-17/h1-15,24H,(H,23,25). The van der Waals surface area contributed by atoms with Gasteiger partial charge in [0.25, 0.3) is 5.91 Å². The van der Waals surface area contributed by atoms with Crippen molar-refractivity contribution >= 4 is 28.9 Å². The van der Waals surface area contributed by atoms with Crippen molar-refractivity contribution in [3.8, 4) is 0 Å². The molecule has 0 amide bonds. The fourth-order valence-electron chi connectivity index (χ4n) is 2.64. The Morgan fingerprint density at radius 1 is 0.815 bits per heavy atom. The lowest BCUT2D eigenvalue weighted by Crippen LogP contribution is -2.16. The molecule has 4 rings (SSSR count). The fourth-order valence-corrected chi connectivity index (χ4v) is 2.64. The zero-order chi connectivity index (χ0) is 18.5. The summed E-state index contributed by atoms with van der Waals surface area (Å²) in [5.74, 6) is 0.869. The van der Waals surface area contributed by atoms with Gasteiger partial charge in [-0.3, -0.25) is 9.78 Å². The summed E-state index contributed by atoms with van der Waals surface area (Å²) < 4.78 is 1.34. The summed E-state index contributed by atoms with van der Waals surface area (Å²) in [5, 5.41) is 10.9. The second-order valence-corrected chi connectivity index (χ2v) is 5.86. The second kappa shape index (κ2) is 7.53. The van der Waals surface area contributed by atoms with Crippen LogP contribution >= 0.6 is 0 Å². The molecule has 0 saturated carbocycles. The molecule has 0 atom stereocenters. The van der Waals surface area contributed by atoms with E-state index in [2.05, 4.69) is 20.7 Å². The van der Waals surface area contributed by atoms with Crippen LogP contribution in [-0.4, -0.2) is 20.7 Å². The highest BCUT2D eigenvalue weighted by molar-refractivity contribution is 5.97. The fraction of sp³-hybridized carbons (Fsp3) is 0. The van der Waals surface area contributed by atoms with Gasteiger partial charge in [-0.05, 0) is 36.4 Å². The summed E-state index contributed by atoms with van der Waals surface area (Å²) in [7, 11) is 0. The maximum Gasteiger partial charge on any atom is 0.281 e. The first-order valence-electron chi connectivity index (χ1n) is 8.48. The van der Waals surface area contributed by atoms with Crippen LogP contribution in [0.5, 0.6) is 0 Å². The molecule has 0 unspecified atom stereocenters. The minimum atomic E-state index is -0.261. The van der Waals surface area contributed by atoms with Crippen molar-refractivity contribution in [2.24, 2.45) is 0 Å². The summed E-state index contributed by atoms with van der Waals surface area (Å²) in [6, 6.07) is 24.6. The van der Waals surface area contributed by atoms with Crippen LogP contribution in [0.1, 0.15) is 10.4 Å². The Kier molecular flexibility index (Phi) is 4.61. The molecule has 6 heteroatoms. The number of carbonyl (C=O) groups excluding carboxylic acids is 1. The maximum atomic E-state index is 12.9. The third kappa shape index (κ3) is 3.85. The number of hydrogen-bond donors (Lipinski definition) is 2. The highest BCUT2D eigenvalue weighted by Crippen LogP contribution is 2.23. The predicted molar refractivity (Wildman–Crippen MR) is 106 cm³/mol. The van der Waals surface area contributed by atoms with E-state index in [4.69, 9.17) is 0 Å². The molecule has 2 aromatic heterocycles. The largest absolute Gasteiger partial charge is 0.340 e. The zero-order valence-corrected chi connectivity index (χ0v) is 14.4. The smallest absolute Gasteiger partial charge is 0.281 e. The van der Waals surface area contributed by atoms with Gasteiger partial charge in [-0.25, -0.2) is 0 Å². The Morgan fingerprint density at radius 3 is 2.11 bits per heavy atom. The van der Waals surface area contributed by atoms with E-state index in [1.165, 1.54) is 10.9 Å². The number of nitrogens with one attached hydrogen (secondary N) is 2. The summed E-state index contributed by atoms with van der Waals surface area (Å²) in [5.41, 5.74) is 2.22. The van der Waals surface area contributed by atoms with Crippen molar-refractivity contribution in [3.63, 3.8) is 0 Å². The number of carbonyl (C=O) groups is 1. The Hall–Kier alpha value is -3.93. The lowest BCUT2D eigenvalue weighted by atomic mass is 10.3. The van der Waals surface area contributed by atoms with Crippen LogP contribution in [0.4, 0.5) is 23.0 Å². The van der Waals surface area contributed by atoms with Crippen LogP contribution in [0.2, 0.25) is 0 Å². The zero-order valence-electron chi connectivity index (χ0n) is 14.4. The van der Waals surface area contributed by atoms with Crippen LogP contribution in [0.3, 0.4) is 0 Å². The van der Waals surface area contributed by atoms with E-state index >= 15 is 0 Å². The molecule has 0 aliphatic heterocycles. The van der Waals surface area contributed by atoms with E-state index in [9.17, 15) is 4.79 Å². The minimum absolute atomic E-state index is 0.261. The quantitative estimate of drug-likeness (QED) is 0.553. The molecule has 4 aromatic rings. The Bertz CT molecular complexity index is 1030. The monoisotopic (exact) mass is 355 g/mol. The topological polar surface area (TPSA) is 71.8 Å². The molecule has 0 fully saturated rings. The normalized spacial score (nSPS) is 10.4.